The number of benzene rings is 2. The van der Waals surface area contributed by atoms with Crippen LogP contribution >= 0.6 is 0 Å². The van der Waals surface area contributed by atoms with Crippen LogP contribution in [0.4, 0.5) is 0 Å². The molecule has 0 aliphatic carbocycles. The maximum absolute atomic E-state index is 10.3. The van der Waals surface area contributed by atoms with Gasteiger partial charge < -0.3 is 15.3 Å². The molecule has 0 saturated heterocycles. The average molecular weight is 320 g/mol. The first-order valence-electron chi connectivity index (χ1n) is 7.63. The van der Waals surface area contributed by atoms with Gasteiger partial charge in [0.15, 0.2) is 0 Å². The second-order valence-electron chi connectivity index (χ2n) is 5.79. The van der Waals surface area contributed by atoms with Gasteiger partial charge in [-0.25, -0.2) is 0 Å². The molecule has 0 bridgehead atoms. The summed E-state index contributed by atoms with van der Waals surface area (Å²) in [5, 5.41) is 30.2. The van der Waals surface area contributed by atoms with E-state index in [9.17, 15) is 5.11 Å². The number of rotatable bonds is 2. The normalized spacial score (nSPS) is 11.5. The fourth-order valence-electron chi connectivity index (χ4n) is 2.39. The molecule has 0 spiro atoms. The van der Waals surface area contributed by atoms with Crippen LogP contribution in [-0.2, 0) is 0 Å². The SMILES string of the molecule is CC(C)(O)/C(C#CCO)=C\c1cccc2cccc(C#CCO)c12. The van der Waals surface area contributed by atoms with E-state index >= 15 is 0 Å². The molecule has 0 heterocycles. The van der Waals surface area contributed by atoms with Crippen LogP contribution in [0.15, 0.2) is 42.0 Å². The summed E-state index contributed by atoms with van der Waals surface area (Å²) in [5.74, 6) is 11.0. The molecule has 2 rings (SSSR count). The van der Waals surface area contributed by atoms with Crippen LogP contribution in [0.2, 0.25) is 0 Å². The summed E-state index contributed by atoms with van der Waals surface area (Å²) in [5.41, 5.74) is 1.06. The van der Waals surface area contributed by atoms with Crippen molar-refractivity contribution in [3.63, 3.8) is 0 Å². The summed E-state index contributed by atoms with van der Waals surface area (Å²) in [6.45, 7) is 2.84. The molecule has 3 heteroatoms. The van der Waals surface area contributed by atoms with Gasteiger partial charge in [-0.3, -0.25) is 0 Å². The summed E-state index contributed by atoms with van der Waals surface area (Å²) in [4.78, 5) is 0. The van der Waals surface area contributed by atoms with Gasteiger partial charge in [0.05, 0.1) is 5.60 Å². The molecule has 2 aromatic carbocycles. The summed E-state index contributed by atoms with van der Waals surface area (Å²) in [7, 11) is 0. The number of hydrogen-bond acceptors (Lipinski definition) is 3. The lowest BCUT2D eigenvalue weighted by Gasteiger charge is -2.18. The first-order valence-corrected chi connectivity index (χ1v) is 7.63. The van der Waals surface area contributed by atoms with E-state index in [1.165, 1.54) is 0 Å². The molecule has 3 nitrogen and oxygen atoms in total. The summed E-state index contributed by atoms with van der Waals surface area (Å²) < 4.78 is 0. The van der Waals surface area contributed by atoms with Gasteiger partial charge in [0.2, 0.25) is 0 Å². The van der Waals surface area contributed by atoms with Crippen LogP contribution < -0.4 is 0 Å². The molecule has 2 aromatic rings. The average Bonchev–Trinajstić information content (AvgIpc) is 2.55. The van der Waals surface area contributed by atoms with Gasteiger partial charge in [-0.15, -0.1) is 0 Å². The first-order chi connectivity index (χ1) is 11.5. The van der Waals surface area contributed by atoms with E-state index in [4.69, 9.17) is 10.2 Å². The predicted octanol–water partition coefficient (Wildman–Crippen LogP) is 2.33. The molecule has 0 aliphatic heterocycles. The maximum atomic E-state index is 10.3. The highest BCUT2D eigenvalue weighted by Crippen LogP contribution is 2.27. The third kappa shape index (κ3) is 4.25. The maximum Gasteiger partial charge on any atom is 0.104 e. The van der Waals surface area contributed by atoms with Gasteiger partial charge in [0.25, 0.3) is 0 Å². The van der Waals surface area contributed by atoms with Crippen molar-refractivity contribution < 1.29 is 15.3 Å². The van der Waals surface area contributed by atoms with Crippen molar-refractivity contribution >= 4 is 16.8 Å². The molecule has 0 fully saturated rings. The topological polar surface area (TPSA) is 60.7 Å². The van der Waals surface area contributed by atoms with E-state index < -0.39 is 5.60 Å². The zero-order valence-electron chi connectivity index (χ0n) is 13.8. The van der Waals surface area contributed by atoms with Crippen LogP contribution in [-0.4, -0.2) is 34.1 Å². The Hall–Kier alpha value is -2.56. The first kappa shape index (κ1) is 17.8. The van der Waals surface area contributed by atoms with E-state index in [1.807, 2.05) is 42.5 Å². The van der Waals surface area contributed by atoms with Gasteiger partial charge >= 0.3 is 0 Å². The molecule has 3 N–H and O–H groups in total. The summed E-state index contributed by atoms with van der Waals surface area (Å²) >= 11 is 0. The molecule has 0 radical (unpaired) electrons. The second kappa shape index (κ2) is 7.81. The fourth-order valence-corrected chi connectivity index (χ4v) is 2.39. The Morgan fingerprint density at radius 3 is 2.33 bits per heavy atom. The Morgan fingerprint density at radius 1 is 1.04 bits per heavy atom. The van der Waals surface area contributed by atoms with Gasteiger partial charge in [-0.05, 0) is 36.9 Å². The molecule has 0 amide bonds. The molecular weight excluding hydrogens is 300 g/mol. The van der Waals surface area contributed by atoms with Crippen LogP contribution in [0.5, 0.6) is 0 Å². The van der Waals surface area contributed by atoms with Crippen molar-refractivity contribution in [1.29, 1.82) is 0 Å². The molecule has 122 valence electrons. The zero-order chi connectivity index (χ0) is 17.6. The number of hydrogen-bond donors (Lipinski definition) is 3. The van der Waals surface area contributed by atoms with Gasteiger partial charge in [-0.2, -0.15) is 0 Å². The Kier molecular flexibility index (Phi) is 5.79. The number of aliphatic hydroxyl groups is 3. The Balaban J connectivity index is 2.73. The van der Waals surface area contributed by atoms with Crippen molar-refractivity contribution in [2.24, 2.45) is 0 Å². The standard InChI is InChI=1S/C21H20O3/c1-21(2,24)19(12-6-14-23)15-18-10-4-9-16-7-3-8-17(20(16)18)11-5-13-22/h3-4,7-10,15,22-24H,13-14H2,1-2H3/b19-15-. The van der Waals surface area contributed by atoms with Crippen LogP contribution in [0.25, 0.3) is 16.8 Å². The summed E-state index contributed by atoms with van der Waals surface area (Å²) in [6, 6.07) is 11.6. The lowest BCUT2D eigenvalue weighted by molar-refractivity contribution is 0.126. The molecule has 0 atom stereocenters. The van der Waals surface area contributed by atoms with Gasteiger partial charge in [0, 0.05) is 16.5 Å². The van der Waals surface area contributed by atoms with E-state index in [0.29, 0.717) is 5.57 Å². The monoisotopic (exact) mass is 320 g/mol. The third-order valence-corrected chi connectivity index (χ3v) is 3.50. The number of aliphatic hydroxyl groups excluding tert-OH is 2. The molecule has 0 unspecified atom stereocenters. The Bertz CT molecular complexity index is 873. The van der Waals surface area contributed by atoms with Crippen molar-refractivity contribution in [1.82, 2.24) is 0 Å². The van der Waals surface area contributed by atoms with E-state index in [-0.39, 0.29) is 13.2 Å². The highest BCUT2D eigenvalue weighted by molar-refractivity contribution is 5.96. The molecule has 0 aromatic heterocycles. The van der Waals surface area contributed by atoms with E-state index in [1.54, 1.807) is 13.8 Å². The van der Waals surface area contributed by atoms with Crippen molar-refractivity contribution in [3.05, 3.63) is 53.1 Å². The lowest BCUT2D eigenvalue weighted by atomic mass is 9.93. The Labute approximate surface area is 142 Å². The quantitative estimate of drug-likeness (QED) is 0.744. The van der Waals surface area contributed by atoms with Gasteiger partial charge in [0.1, 0.15) is 13.2 Å². The van der Waals surface area contributed by atoms with Crippen molar-refractivity contribution in [2.45, 2.75) is 19.4 Å². The lowest BCUT2D eigenvalue weighted by Crippen LogP contribution is -2.21. The van der Waals surface area contributed by atoms with E-state index in [2.05, 4.69) is 23.7 Å². The third-order valence-electron chi connectivity index (χ3n) is 3.50. The van der Waals surface area contributed by atoms with Crippen LogP contribution in [0.3, 0.4) is 0 Å². The molecule has 0 saturated carbocycles. The highest BCUT2D eigenvalue weighted by Gasteiger charge is 2.18. The molecule has 24 heavy (non-hydrogen) atoms. The smallest absolute Gasteiger partial charge is 0.104 e. The molecular formula is C21H20O3. The van der Waals surface area contributed by atoms with Crippen molar-refractivity contribution in [2.75, 3.05) is 13.2 Å². The van der Waals surface area contributed by atoms with E-state index in [0.717, 1.165) is 21.9 Å². The minimum absolute atomic E-state index is 0.203. The Morgan fingerprint density at radius 2 is 1.71 bits per heavy atom. The fraction of sp³-hybridized carbons (Fsp3) is 0.238. The highest BCUT2D eigenvalue weighted by atomic mass is 16.3. The predicted molar refractivity (Wildman–Crippen MR) is 97.0 cm³/mol. The second-order valence-corrected chi connectivity index (χ2v) is 5.79. The minimum atomic E-state index is -1.13. The van der Waals surface area contributed by atoms with Crippen LogP contribution in [0.1, 0.15) is 25.0 Å². The largest absolute Gasteiger partial charge is 0.385 e. The van der Waals surface area contributed by atoms with Crippen LogP contribution in [0, 0.1) is 23.7 Å². The minimum Gasteiger partial charge on any atom is -0.385 e. The number of fused-ring (bicyclic) bond motifs is 1. The van der Waals surface area contributed by atoms with Gasteiger partial charge in [-0.1, -0.05) is 54.0 Å². The molecule has 0 aliphatic rings. The van der Waals surface area contributed by atoms with Crippen molar-refractivity contribution in [3.8, 4) is 23.7 Å². The zero-order valence-corrected chi connectivity index (χ0v) is 13.8. The summed E-state index contributed by atoms with van der Waals surface area (Å²) in [6.07, 6.45) is 1.81.